The van der Waals surface area contributed by atoms with Crippen LogP contribution in [-0.2, 0) is 6.54 Å². The van der Waals surface area contributed by atoms with Gasteiger partial charge in [-0.25, -0.2) is 0 Å². The molecular formula is C22H27NO3. The Labute approximate surface area is 156 Å². The number of hydrogen-bond acceptors (Lipinski definition) is 4. The van der Waals surface area contributed by atoms with Crippen molar-refractivity contribution in [3.05, 3.63) is 65.2 Å². The first kappa shape index (κ1) is 19.7. The molecule has 138 valence electrons. The summed E-state index contributed by atoms with van der Waals surface area (Å²) in [6, 6.07) is 13.4. The highest BCUT2D eigenvalue weighted by Gasteiger charge is 2.07. The molecule has 0 heterocycles. The van der Waals surface area contributed by atoms with Crippen LogP contribution >= 0.6 is 0 Å². The van der Waals surface area contributed by atoms with Gasteiger partial charge < -0.3 is 9.47 Å². The lowest BCUT2D eigenvalue weighted by Crippen LogP contribution is -2.22. The highest BCUT2D eigenvalue weighted by molar-refractivity contribution is 6.06. The van der Waals surface area contributed by atoms with Gasteiger partial charge in [-0.3, -0.25) is 9.69 Å². The molecule has 0 fully saturated rings. The first-order valence-electron chi connectivity index (χ1n) is 8.87. The summed E-state index contributed by atoms with van der Waals surface area (Å²) in [5.74, 6) is 1.30. The predicted molar refractivity (Wildman–Crippen MR) is 106 cm³/mol. The molecule has 0 amide bonds. The fourth-order valence-corrected chi connectivity index (χ4v) is 2.75. The second-order valence-corrected chi connectivity index (χ2v) is 5.97. The van der Waals surface area contributed by atoms with Gasteiger partial charge in [-0.15, -0.1) is 0 Å². The van der Waals surface area contributed by atoms with E-state index in [1.54, 1.807) is 26.4 Å². The van der Waals surface area contributed by atoms with Crippen molar-refractivity contribution in [3.8, 4) is 11.5 Å². The summed E-state index contributed by atoms with van der Waals surface area (Å²) in [6.07, 6.45) is 3.39. The van der Waals surface area contributed by atoms with Crippen LogP contribution in [0, 0.1) is 0 Å². The summed E-state index contributed by atoms with van der Waals surface area (Å²) in [5, 5.41) is 0. The van der Waals surface area contributed by atoms with Crippen LogP contribution in [0.3, 0.4) is 0 Å². The van der Waals surface area contributed by atoms with Crippen molar-refractivity contribution in [3.63, 3.8) is 0 Å². The minimum Gasteiger partial charge on any atom is -0.493 e. The monoisotopic (exact) mass is 353 g/mol. The van der Waals surface area contributed by atoms with Crippen LogP contribution < -0.4 is 9.47 Å². The van der Waals surface area contributed by atoms with Gasteiger partial charge in [0.05, 0.1) is 14.2 Å². The second kappa shape index (κ2) is 9.78. The number of ether oxygens (including phenoxy) is 2. The number of allylic oxidation sites excluding steroid dienone is 1. The summed E-state index contributed by atoms with van der Waals surface area (Å²) in [6.45, 7) is 7.13. The molecule has 0 aliphatic heterocycles. The number of hydrogen-bond donors (Lipinski definition) is 0. The highest BCUT2D eigenvalue weighted by Crippen LogP contribution is 2.28. The molecule has 0 radical (unpaired) electrons. The average molecular weight is 353 g/mol. The van der Waals surface area contributed by atoms with Crippen LogP contribution in [0.15, 0.2) is 48.5 Å². The zero-order valence-corrected chi connectivity index (χ0v) is 16.0. The minimum absolute atomic E-state index is 0.0128. The third kappa shape index (κ3) is 5.20. The zero-order valence-electron chi connectivity index (χ0n) is 16.0. The highest BCUT2D eigenvalue weighted by atomic mass is 16.5. The van der Waals surface area contributed by atoms with E-state index in [0.29, 0.717) is 17.1 Å². The maximum atomic E-state index is 12.5. The van der Waals surface area contributed by atoms with E-state index in [4.69, 9.17) is 9.47 Å². The van der Waals surface area contributed by atoms with Gasteiger partial charge in [0, 0.05) is 12.1 Å². The Kier molecular flexibility index (Phi) is 7.42. The number of benzene rings is 2. The van der Waals surface area contributed by atoms with Gasteiger partial charge in [0.1, 0.15) is 0 Å². The third-order valence-corrected chi connectivity index (χ3v) is 4.35. The normalized spacial score (nSPS) is 11.1. The van der Waals surface area contributed by atoms with Crippen LogP contribution in [0.1, 0.15) is 35.3 Å². The molecule has 4 heteroatoms. The first-order chi connectivity index (χ1) is 12.6. The Balaban J connectivity index is 2.13. The molecule has 0 atom stereocenters. The molecule has 0 bridgehead atoms. The number of carbonyl (C=O) groups is 1. The zero-order chi connectivity index (χ0) is 18.9. The average Bonchev–Trinajstić information content (AvgIpc) is 2.70. The van der Waals surface area contributed by atoms with Crippen LogP contribution in [0.5, 0.6) is 11.5 Å². The van der Waals surface area contributed by atoms with Crippen molar-refractivity contribution >= 4 is 11.9 Å². The molecule has 0 aromatic heterocycles. The molecule has 0 saturated heterocycles. The number of nitrogens with zero attached hydrogens (tertiary/aromatic N) is 1. The lowest BCUT2D eigenvalue weighted by atomic mass is 10.1. The minimum atomic E-state index is -0.0128. The predicted octanol–water partition coefficient (Wildman–Crippen LogP) is 4.44. The molecule has 2 aromatic rings. The van der Waals surface area contributed by atoms with Crippen LogP contribution in [0.25, 0.3) is 6.08 Å². The van der Waals surface area contributed by atoms with Gasteiger partial charge in [-0.05, 0) is 48.5 Å². The maximum Gasteiger partial charge on any atom is 0.185 e. The molecule has 26 heavy (non-hydrogen) atoms. The molecular weight excluding hydrogens is 326 g/mol. The van der Waals surface area contributed by atoms with Gasteiger partial charge >= 0.3 is 0 Å². The summed E-state index contributed by atoms with van der Waals surface area (Å²) >= 11 is 0. The van der Waals surface area contributed by atoms with E-state index in [0.717, 1.165) is 30.8 Å². The Morgan fingerprint density at radius 3 is 2.38 bits per heavy atom. The molecule has 2 rings (SSSR count). The number of ketones is 1. The molecule has 0 spiro atoms. The Bertz CT molecular complexity index is 764. The fraction of sp³-hybridized carbons (Fsp3) is 0.318. The van der Waals surface area contributed by atoms with Crippen LogP contribution in [0.2, 0.25) is 0 Å². The van der Waals surface area contributed by atoms with Crippen molar-refractivity contribution in [1.82, 2.24) is 4.90 Å². The van der Waals surface area contributed by atoms with Gasteiger partial charge in [0.25, 0.3) is 0 Å². The van der Waals surface area contributed by atoms with Gasteiger partial charge in [-0.2, -0.15) is 0 Å². The Morgan fingerprint density at radius 2 is 1.73 bits per heavy atom. The second-order valence-electron chi connectivity index (χ2n) is 5.97. The number of rotatable bonds is 9. The van der Waals surface area contributed by atoms with Crippen molar-refractivity contribution < 1.29 is 14.3 Å². The van der Waals surface area contributed by atoms with E-state index >= 15 is 0 Å². The smallest absolute Gasteiger partial charge is 0.185 e. The fourth-order valence-electron chi connectivity index (χ4n) is 2.75. The van der Waals surface area contributed by atoms with Crippen LogP contribution in [-0.4, -0.2) is 38.0 Å². The summed E-state index contributed by atoms with van der Waals surface area (Å²) in [4.78, 5) is 14.8. The SMILES string of the molecule is CCN(CC)Cc1cccc(C(=O)/C=C/c2ccc(OC)c(OC)c2)c1. The summed E-state index contributed by atoms with van der Waals surface area (Å²) in [5.41, 5.74) is 2.74. The van der Waals surface area contributed by atoms with Gasteiger partial charge in [-0.1, -0.05) is 44.2 Å². The van der Waals surface area contributed by atoms with E-state index in [1.165, 1.54) is 0 Å². The van der Waals surface area contributed by atoms with E-state index in [9.17, 15) is 4.79 Å². The van der Waals surface area contributed by atoms with Gasteiger partial charge in [0.2, 0.25) is 0 Å². The molecule has 0 aliphatic rings. The number of methoxy groups -OCH3 is 2. The van der Waals surface area contributed by atoms with Crippen LogP contribution in [0.4, 0.5) is 0 Å². The van der Waals surface area contributed by atoms with Crippen molar-refractivity contribution in [2.24, 2.45) is 0 Å². The first-order valence-corrected chi connectivity index (χ1v) is 8.87. The molecule has 0 saturated carbocycles. The van der Waals surface area contributed by atoms with E-state index in [1.807, 2.05) is 36.4 Å². The van der Waals surface area contributed by atoms with Crippen molar-refractivity contribution in [1.29, 1.82) is 0 Å². The Hall–Kier alpha value is -2.59. The molecule has 0 aliphatic carbocycles. The molecule has 2 aromatic carbocycles. The molecule has 4 nitrogen and oxygen atoms in total. The topological polar surface area (TPSA) is 38.8 Å². The van der Waals surface area contributed by atoms with Crippen molar-refractivity contribution in [2.45, 2.75) is 20.4 Å². The third-order valence-electron chi connectivity index (χ3n) is 4.35. The Morgan fingerprint density at radius 1 is 1.00 bits per heavy atom. The summed E-state index contributed by atoms with van der Waals surface area (Å²) in [7, 11) is 3.19. The summed E-state index contributed by atoms with van der Waals surface area (Å²) < 4.78 is 10.5. The lowest BCUT2D eigenvalue weighted by molar-refractivity contribution is 0.104. The quantitative estimate of drug-likeness (QED) is 0.493. The molecule has 0 N–H and O–H groups in total. The molecule has 0 unspecified atom stereocenters. The number of carbonyl (C=O) groups excluding carboxylic acids is 1. The largest absolute Gasteiger partial charge is 0.493 e. The standard InChI is InChI=1S/C22H27NO3/c1-5-23(6-2)16-18-8-7-9-19(14-18)20(24)12-10-17-11-13-21(25-3)22(15-17)26-4/h7-15H,5-6,16H2,1-4H3/b12-10+. The van der Waals surface area contributed by atoms with Gasteiger partial charge in [0.15, 0.2) is 17.3 Å². The lowest BCUT2D eigenvalue weighted by Gasteiger charge is -2.18. The van der Waals surface area contributed by atoms with Crippen molar-refractivity contribution in [2.75, 3.05) is 27.3 Å². The van der Waals surface area contributed by atoms with E-state index in [2.05, 4.69) is 24.8 Å². The van der Waals surface area contributed by atoms with E-state index in [-0.39, 0.29) is 5.78 Å². The maximum absolute atomic E-state index is 12.5. The van der Waals surface area contributed by atoms with E-state index < -0.39 is 0 Å².